The molecule has 1 aliphatic rings. The van der Waals surface area contributed by atoms with Gasteiger partial charge in [-0.05, 0) is 99.0 Å². The summed E-state index contributed by atoms with van der Waals surface area (Å²) in [7, 11) is 2.16. The molecule has 0 N–H and O–H groups in total. The van der Waals surface area contributed by atoms with Crippen LogP contribution in [0.3, 0.4) is 0 Å². The predicted molar refractivity (Wildman–Crippen MR) is 187 cm³/mol. The summed E-state index contributed by atoms with van der Waals surface area (Å²) in [6, 6.07) is 27.4. The molecule has 0 saturated carbocycles. The van der Waals surface area contributed by atoms with E-state index in [4.69, 9.17) is 4.42 Å². The van der Waals surface area contributed by atoms with Gasteiger partial charge in [-0.2, -0.15) is 4.57 Å². The largest absolute Gasteiger partial charge is 0.455 e. The Morgan fingerprint density at radius 2 is 1.71 bits per heavy atom. The summed E-state index contributed by atoms with van der Waals surface area (Å²) in [5, 5.41) is 3.65. The lowest BCUT2D eigenvalue weighted by Gasteiger charge is -2.29. The fraction of sp³-hybridized carbons (Fsp3) is 0.220. The van der Waals surface area contributed by atoms with Crippen LogP contribution in [0.25, 0.3) is 54.5 Å². The Balaban J connectivity index is 1.29. The molecule has 0 amide bonds. The lowest BCUT2D eigenvalue weighted by molar-refractivity contribution is -0.707. The first-order valence-corrected chi connectivity index (χ1v) is 16.7. The Bertz CT molecular complexity index is 2320. The molecule has 8 rings (SSSR count). The van der Waals surface area contributed by atoms with E-state index in [-0.39, 0.29) is 6.04 Å². The van der Waals surface area contributed by atoms with Crippen molar-refractivity contribution < 1.29 is 13.6 Å². The zero-order valence-electron chi connectivity index (χ0n) is 26.6. The van der Waals surface area contributed by atoms with Gasteiger partial charge in [0.25, 0.3) is 0 Å². The molecule has 3 nitrogen and oxygen atoms in total. The zero-order valence-corrected chi connectivity index (χ0v) is 27.5. The van der Waals surface area contributed by atoms with Crippen LogP contribution in [0.2, 0.25) is 0 Å². The minimum Gasteiger partial charge on any atom is -0.455 e. The lowest BCUT2D eigenvalue weighted by atomic mass is 9.79. The summed E-state index contributed by atoms with van der Waals surface area (Å²) >= 11 is 1.83. The molecule has 0 bridgehead atoms. The van der Waals surface area contributed by atoms with Crippen LogP contribution >= 0.6 is 11.3 Å². The summed E-state index contributed by atoms with van der Waals surface area (Å²) < 4.78 is 12.8. The molecule has 0 saturated heterocycles. The van der Waals surface area contributed by atoms with Gasteiger partial charge in [0.1, 0.15) is 18.2 Å². The van der Waals surface area contributed by atoms with Crippen molar-refractivity contribution in [2.45, 2.75) is 52.5 Å². The maximum absolute atomic E-state index is 6.84. The molecule has 5 heterocycles. The van der Waals surface area contributed by atoms with Crippen LogP contribution in [0.4, 0.5) is 0 Å². The molecule has 2 unspecified atom stereocenters. The number of fused-ring (bicyclic) bond motifs is 7. The number of furan rings is 1. The Morgan fingerprint density at radius 3 is 2.56 bits per heavy atom. The van der Waals surface area contributed by atoms with Gasteiger partial charge in [-0.3, -0.25) is 0 Å². The number of pyridine rings is 2. The molecule has 7 aromatic rings. The second kappa shape index (κ2) is 10.5. The Morgan fingerprint density at radius 1 is 0.867 bits per heavy atom. The van der Waals surface area contributed by atoms with Crippen molar-refractivity contribution in [2.75, 3.05) is 0 Å². The molecule has 0 aliphatic carbocycles. The van der Waals surface area contributed by atoms with E-state index in [1.165, 1.54) is 76.1 Å². The highest BCUT2D eigenvalue weighted by atomic mass is 32.1. The van der Waals surface area contributed by atoms with Crippen LogP contribution in [0.1, 0.15) is 51.1 Å². The number of thiophene rings is 1. The fourth-order valence-electron chi connectivity index (χ4n) is 7.62. The highest BCUT2D eigenvalue weighted by molar-refractivity contribution is 7.19. The Labute approximate surface area is 268 Å². The molecule has 0 spiro atoms. The second-order valence-corrected chi connectivity index (χ2v) is 14.2. The van der Waals surface area contributed by atoms with Crippen LogP contribution < -0.4 is 9.13 Å². The normalized spacial score (nSPS) is 15.9. The van der Waals surface area contributed by atoms with E-state index in [0.717, 1.165) is 24.0 Å². The first kappa shape index (κ1) is 28.0. The van der Waals surface area contributed by atoms with Crippen LogP contribution in [0.15, 0.2) is 102 Å². The molecular weight excluding hydrogens is 569 g/mol. The van der Waals surface area contributed by atoms with Crippen molar-refractivity contribution >= 4 is 43.4 Å². The van der Waals surface area contributed by atoms with Gasteiger partial charge in [-0.1, -0.05) is 36.9 Å². The Hall–Kier alpha value is -4.54. The number of aromatic nitrogens is 2. The molecular formula is C41H38N2OS+2. The first-order valence-electron chi connectivity index (χ1n) is 15.9. The molecule has 2 atom stereocenters. The number of benzene rings is 3. The smallest absolute Gasteiger partial charge is 0.216 e. The number of aryl methyl sites for hydroxylation is 6. The minimum atomic E-state index is 0.183. The summed E-state index contributed by atoms with van der Waals surface area (Å²) in [6.45, 7) is 13.1. The molecule has 0 fully saturated rings. The zero-order chi connectivity index (χ0) is 31.0. The number of hydrogen-bond acceptors (Lipinski definition) is 2. The van der Waals surface area contributed by atoms with E-state index in [9.17, 15) is 0 Å². The standard InChI is InChI=1S/C41H38N2OS/c1-7-35-32(30-10-8-9-11-31(30)36-17-12-24(2)22-43(35)36)15-13-28-14-16-33-34-20-29-19-27(5)45-39(29)21-38(34)44-41(33)40(28)37-18-25(3)26(4)23-42(37)6/h7-12,14,16-23,32,35H,1,13,15H2,2-6H3/q+2. The summed E-state index contributed by atoms with van der Waals surface area (Å²) in [6.07, 6.45) is 8.60. The average Bonchev–Trinajstić information content (AvgIpc) is 3.58. The average molecular weight is 607 g/mol. The van der Waals surface area contributed by atoms with Crippen molar-refractivity contribution in [3.63, 3.8) is 0 Å². The second-order valence-electron chi connectivity index (χ2n) is 12.9. The van der Waals surface area contributed by atoms with Crippen LogP contribution in [0.5, 0.6) is 0 Å². The molecule has 1 aliphatic heterocycles. The number of allylic oxidation sites excluding steroid dienone is 1. The highest BCUT2D eigenvalue weighted by Gasteiger charge is 2.38. The van der Waals surface area contributed by atoms with Crippen molar-refractivity contribution in [1.29, 1.82) is 0 Å². The number of rotatable bonds is 5. The van der Waals surface area contributed by atoms with E-state index in [1.807, 2.05) is 11.3 Å². The van der Waals surface area contributed by atoms with E-state index >= 15 is 0 Å². The topological polar surface area (TPSA) is 20.9 Å². The van der Waals surface area contributed by atoms with E-state index in [1.54, 1.807) is 0 Å². The quantitative estimate of drug-likeness (QED) is 0.141. The maximum Gasteiger partial charge on any atom is 0.216 e. The van der Waals surface area contributed by atoms with Crippen molar-refractivity contribution in [3.8, 4) is 22.5 Å². The van der Waals surface area contributed by atoms with Gasteiger partial charge in [0.05, 0.1) is 11.5 Å². The molecule has 0 radical (unpaired) electrons. The van der Waals surface area contributed by atoms with Gasteiger partial charge in [-0.15, -0.1) is 11.3 Å². The third-order valence-electron chi connectivity index (χ3n) is 9.95. The molecule has 45 heavy (non-hydrogen) atoms. The molecule has 222 valence electrons. The maximum atomic E-state index is 6.84. The monoisotopic (exact) mass is 606 g/mol. The first-order chi connectivity index (χ1) is 21.8. The van der Waals surface area contributed by atoms with Crippen molar-refractivity contribution in [1.82, 2.24) is 0 Å². The highest BCUT2D eigenvalue weighted by Crippen LogP contribution is 2.44. The predicted octanol–water partition coefficient (Wildman–Crippen LogP) is 9.94. The number of hydrogen-bond donors (Lipinski definition) is 0. The molecule has 4 aromatic heterocycles. The van der Waals surface area contributed by atoms with Crippen LogP contribution in [-0.2, 0) is 13.5 Å². The molecule has 3 aromatic carbocycles. The van der Waals surface area contributed by atoms with E-state index in [2.05, 4.69) is 142 Å². The number of nitrogens with zero attached hydrogens (tertiary/aromatic N) is 2. The Kier molecular flexibility index (Phi) is 6.54. The summed E-state index contributed by atoms with van der Waals surface area (Å²) in [5.41, 5.74) is 13.5. The third-order valence-corrected chi connectivity index (χ3v) is 11.0. The summed E-state index contributed by atoms with van der Waals surface area (Å²) in [5.74, 6) is 0.306. The lowest BCUT2D eigenvalue weighted by Crippen LogP contribution is -2.46. The van der Waals surface area contributed by atoms with Gasteiger partial charge in [0, 0.05) is 49.2 Å². The van der Waals surface area contributed by atoms with Gasteiger partial charge in [0.2, 0.25) is 11.4 Å². The van der Waals surface area contributed by atoms with Crippen LogP contribution in [0, 0.1) is 27.7 Å². The minimum absolute atomic E-state index is 0.183. The van der Waals surface area contributed by atoms with Gasteiger partial charge < -0.3 is 4.42 Å². The van der Waals surface area contributed by atoms with Gasteiger partial charge in [-0.25, -0.2) is 4.57 Å². The van der Waals surface area contributed by atoms with Crippen molar-refractivity contribution in [3.05, 3.63) is 131 Å². The van der Waals surface area contributed by atoms with E-state index < -0.39 is 0 Å². The fourth-order valence-corrected chi connectivity index (χ4v) is 8.55. The van der Waals surface area contributed by atoms with E-state index in [0.29, 0.717) is 5.92 Å². The van der Waals surface area contributed by atoms with Gasteiger partial charge >= 0.3 is 0 Å². The third kappa shape index (κ3) is 4.46. The van der Waals surface area contributed by atoms with Crippen LogP contribution in [-0.4, -0.2) is 0 Å². The van der Waals surface area contributed by atoms with Gasteiger partial charge in [0.15, 0.2) is 18.4 Å². The SMILES string of the molecule is C=CC1C(CCc2ccc3c(oc4cc5sc(C)cc5cc43)c2-c2cc(C)c(C)c[n+]2C)c2ccccc2-c2ccc(C)c[n+]21. The summed E-state index contributed by atoms with van der Waals surface area (Å²) in [4.78, 5) is 1.32. The van der Waals surface area contributed by atoms with Crippen molar-refractivity contribution in [2.24, 2.45) is 7.05 Å². The molecule has 4 heteroatoms.